The first kappa shape index (κ1) is 21.9. The second-order valence-electron chi connectivity index (χ2n) is 9.06. The third-order valence-corrected chi connectivity index (χ3v) is 6.22. The Hall–Kier alpha value is -4.59. The highest BCUT2D eigenvalue weighted by Gasteiger charge is 2.18. The number of hydrogen-bond donors (Lipinski definition) is 1. The monoisotopic (exact) mass is 474 g/mol. The van der Waals surface area contributed by atoms with Gasteiger partial charge in [-0.25, -0.2) is 9.67 Å². The highest BCUT2D eigenvalue weighted by atomic mass is 15.3. The molecule has 0 bridgehead atoms. The van der Waals surface area contributed by atoms with Gasteiger partial charge in [-0.05, 0) is 62.2 Å². The van der Waals surface area contributed by atoms with Gasteiger partial charge in [-0.3, -0.25) is 14.6 Å². The summed E-state index contributed by atoms with van der Waals surface area (Å²) in [6.45, 7) is 4.24. The van der Waals surface area contributed by atoms with Crippen LogP contribution in [0, 0.1) is 0 Å². The van der Waals surface area contributed by atoms with Crippen LogP contribution in [0.4, 0.5) is 0 Å². The highest BCUT2D eigenvalue weighted by Crippen LogP contribution is 2.31. The number of imidazole rings is 1. The molecule has 0 aliphatic carbocycles. The molecule has 0 aliphatic heterocycles. The summed E-state index contributed by atoms with van der Waals surface area (Å²) in [4.78, 5) is 17.5. The quantitative estimate of drug-likeness (QED) is 0.333. The molecule has 178 valence electrons. The molecule has 6 aromatic rings. The van der Waals surface area contributed by atoms with Gasteiger partial charge < -0.3 is 4.98 Å². The number of nitrogens with zero attached hydrogens (tertiary/aromatic N) is 7. The van der Waals surface area contributed by atoms with E-state index in [0.29, 0.717) is 0 Å². The lowest BCUT2D eigenvalue weighted by molar-refractivity contribution is 0.534. The summed E-state index contributed by atoms with van der Waals surface area (Å²) in [6, 6.07) is 18.8. The van der Waals surface area contributed by atoms with Gasteiger partial charge in [0.25, 0.3) is 0 Å². The number of aromatic amines is 1. The van der Waals surface area contributed by atoms with Gasteiger partial charge in [0.2, 0.25) is 0 Å². The van der Waals surface area contributed by atoms with Crippen LogP contribution in [-0.4, -0.2) is 39.5 Å². The van der Waals surface area contributed by atoms with E-state index in [4.69, 9.17) is 10.1 Å². The zero-order valence-corrected chi connectivity index (χ0v) is 20.2. The smallest absolute Gasteiger partial charge is 0.111 e. The summed E-state index contributed by atoms with van der Waals surface area (Å²) in [6.07, 6.45) is 10.8. The van der Waals surface area contributed by atoms with Gasteiger partial charge in [0.05, 0.1) is 28.1 Å². The van der Waals surface area contributed by atoms with Gasteiger partial charge >= 0.3 is 0 Å². The van der Waals surface area contributed by atoms with Crippen LogP contribution in [0.5, 0.6) is 0 Å². The predicted molar refractivity (Wildman–Crippen MR) is 140 cm³/mol. The fourth-order valence-corrected chi connectivity index (χ4v) is 4.34. The van der Waals surface area contributed by atoms with Crippen LogP contribution >= 0.6 is 0 Å². The van der Waals surface area contributed by atoms with Gasteiger partial charge in [0, 0.05) is 49.0 Å². The van der Waals surface area contributed by atoms with E-state index in [9.17, 15) is 0 Å². The molecule has 8 nitrogen and oxygen atoms in total. The van der Waals surface area contributed by atoms with Crippen molar-refractivity contribution >= 4 is 11.0 Å². The van der Waals surface area contributed by atoms with E-state index < -0.39 is 0 Å². The SMILES string of the molecule is CC(C)n1ccc(-c2[nH]c(CCc3cccc(-n4cccn4)c3)nc2-c2ccc3nccnc3c2)n1. The predicted octanol–water partition coefficient (Wildman–Crippen LogP) is 5.44. The molecule has 0 saturated heterocycles. The topological polar surface area (TPSA) is 90.1 Å². The first-order valence-electron chi connectivity index (χ1n) is 12.1. The third-order valence-electron chi connectivity index (χ3n) is 6.22. The van der Waals surface area contributed by atoms with E-state index in [0.717, 1.165) is 58.0 Å². The van der Waals surface area contributed by atoms with E-state index >= 15 is 0 Å². The minimum absolute atomic E-state index is 0.280. The van der Waals surface area contributed by atoms with Gasteiger partial charge in [-0.2, -0.15) is 10.2 Å². The van der Waals surface area contributed by atoms with E-state index in [2.05, 4.69) is 58.2 Å². The number of fused-ring (bicyclic) bond motifs is 1. The largest absolute Gasteiger partial charge is 0.340 e. The molecule has 0 saturated carbocycles. The molecule has 36 heavy (non-hydrogen) atoms. The average Bonchev–Trinajstić information content (AvgIpc) is 3.68. The fourth-order valence-electron chi connectivity index (χ4n) is 4.34. The van der Waals surface area contributed by atoms with Crippen LogP contribution in [0.1, 0.15) is 31.3 Å². The molecule has 0 fully saturated rings. The Morgan fingerprint density at radius 1 is 0.861 bits per heavy atom. The first-order chi connectivity index (χ1) is 17.6. The van der Waals surface area contributed by atoms with Crippen molar-refractivity contribution in [3.8, 4) is 28.3 Å². The van der Waals surface area contributed by atoms with Crippen molar-refractivity contribution in [1.82, 2.24) is 39.5 Å². The second kappa shape index (κ2) is 9.22. The number of aryl methyl sites for hydroxylation is 2. The molecule has 4 aromatic heterocycles. The maximum Gasteiger partial charge on any atom is 0.111 e. The number of H-pyrrole nitrogens is 1. The van der Waals surface area contributed by atoms with Gasteiger partial charge in [-0.15, -0.1) is 0 Å². The molecule has 0 aliphatic rings. The number of aromatic nitrogens is 8. The summed E-state index contributed by atoms with van der Waals surface area (Å²) in [5.74, 6) is 0.919. The molecule has 8 heteroatoms. The van der Waals surface area contributed by atoms with Crippen LogP contribution < -0.4 is 0 Å². The van der Waals surface area contributed by atoms with Crippen molar-refractivity contribution in [3.63, 3.8) is 0 Å². The van der Waals surface area contributed by atoms with Crippen molar-refractivity contribution in [2.75, 3.05) is 0 Å². The molecule has 6 rings (SSSR count). The zero-order chi connectivity index (χ0) is 24.5. The molecule has 0 radical (unpaired) electrons. The van der Waals surface area contributed by atoms with Crippen LogP contribution in [0.2, 0.25) is 0 Å². The standard InChI is InChI=1S/C28H26N8/c1-19(2)35-16-11-24(34-35)28-27(21-8-9-23-25(18-21)30-14-13-29-23)32-26(33-28)10-7-20-5-3-6-22(17-20)36-15-4-12-31-36/h3-6,8-9,11-19H,7,10H2,1-2H3,(H,32,33). The van der Waals surface area contributed by atoms with Crippen molar-refractivity contribution < 1.29 is 0 Å². The molecule has 2 aromatic carbocycles. The summed E-state index contributed by atoms with van der Waals surface area (Å²) >= 11 is 0. The van der Waals surface area contributed by atoms with Crippen LogP contribution in [0.25, 0.3) is 39.4 Å². The lowest BCUT2D eigenvalue weighted by atomic mass is 10.1. The average molecular weight is 475 g/mol. The molecule has 0 unspecified atom stereocenters. The first-order valence-corrected chi connectivity index (χ1v) is 12.1. The molecular formula is C28H26N8. The lowest BCUT2D eigenvalue weighted by Crippen LogP contribution is -2.01. The molecule has 1 N–H and O–H groups in total. The fraction of sp³-hybridized carbons (Fsp3) is 0.179. The normalized spacial score (nSPS) is 11.5. The van der Waals surface area contributed by atoms with Gasteiger partial charge in [0.15, 0.2) is 0 Å². The minimum atomic E-state index is 0.280. The summed E-state index contributed by atoms with van der Waals surface area (Å²) in [5.41, 5.74) is 7.63. The summed E-state index contributed by atoms with van der Waals surface area (Å²) in [7, 11) is 0. The van der Waals surface area contributed by atoms with Crippen LogP contribution in [0.15, 0.2) is 85.6 Å². The molecule has 0 spiro atoms. The van der Waals surface area contributed by atoms with Gasteiger partial charge in [-0.1, -0.05) is 18.2 Å². The lowest BCUT2D eigenvalue weighted by Gasteiger charge is -2.05. The van der Waals surface area contributed by atoms with Crippen molar-refractivity contribution in [2.45, 2.75) is 32.7 Å². The van der Waals surface area contributed by atoms with E-state index in [1.54, 1.807) is 18.6 Å². The molecule has 0 atom stereocenters. The number of nitrogens with one attached hydrogen (secondary N) is 1. The summed E-state index contributed by atoms with van der Waals surface area (Å²) in [5, 5.41) is 9.15. The zero-order valence-electron chi connectivity index (χ0n) is 20.2. The Balaban J connectivity index is 1.34. The van der Waals surface area contributed by atoms with Crippen molar-refractivity contribution in [1.29, 1.82) is 0 Å². The Labute approximate surface area is 208 Å². The van der Waals surface area contributed by atoms with Crippen LogP contribution in [0.3, 0.4) is 0 Å². The number of benzene rings is 2. The Morgan fingerprint density at radius 3 is 2.56 bits per heavy atom. The Bertz CT molecular complexity index is 1620. The van der Waals surface area contributed by atoms with Crippen molar-refractivity contribution in [2.24, 2.45) is 0 Å². The van der Waals surface area contributed by atoms with E-state index in [-0.39, 0.29) is 6.04 Å². The third kappa shape index (κ3) is 4.29. The number of rotatable bonds is 7. The van der Waals surface area contributed by atoms with Gasteiger partial charge in [0.1, 0.15) is 11.5 Å². The highest BCUT2D eigenvalue weighted by molar-refractivity contribution is 5.84. The maximum absolute atomic E-state index is 5.03. The molecule has 4 heterocycles. The van der Waals surface area contributed by atoms with Crippen molar-refractivity contribution in [3.05, 3.63) is 97.0 Å². The Kier molecular flexibility index (Phi) is 5.61. The minimum Gasteiger partial charge on any atom is -0.340 e. The van der Waals surface area contributed by atoms with E-state index in [1.807, 2.05) is 52.1 Å². The van der Waals surface area contributed by atoms with E-state index in [1.165, 1.54) is 5.56 Å². The maximum atomic E-state index is 5.03. The second-order valence-corrected chi connectivity index (χ2v) is 9.06. The Morgan fingerprint density at radius 2 is 1.75 bits per heavy atom. The molecular weight excluding hydrogens is 448 g/mol. The molecule has 0 amide bonds. The number of hydrogen-bond acceptors (Lipinski definition) is 5. The van der Waals surface area contributed by atoms with Crippen LogP contribution in [-0.2, 0) is 12.8 Å². The summed E-state index contributed by atoms with van der Waals surface area (Å²) < 4.78 is 3.84.